The molecule has 0 aliphatic carbocycles. The Morgan fingerprint density at radius 3 is 2.86 bits per heavy atom. The summed E-state index contributed by atoms with van der Waals surface area (Å²) < 4.78 is 0. The standard InChI is InChI=1S/C14H17N3O2S.ClH/c1-9-3-4-11-10(7-9)13(16-8-15-11)17-12(14(18)19)5-6-20-2;/h3-4,7-8,12H,5-6H2,1-2H3,(H,18,19)(H,15,16,17);1H. The van der Waals surface area contributed by atoms with E-state index in [-0.39, 0.29) is 12.4 Å². The molecule has 7 heteroatoms. The topological polar surface area (TPSA) is 75.1 Å². The van der Waals surface area contributed by atoms with Crippen LogP contribution in [0.1, 0.15) is 12.0 Å². The molecule has 0 amide bonds. The number of carboxylic acid groups (broad SMARTS) is 1. The molecule has 21 heavy (non-hydrogen) atoms. The van der Waals surface area contributed by atoms with Gasteiger partial charge in [0.05, 0.1) is 5.52 Å². The summed E-state index contributed by atoms with van der Waals surface area (Å²) in [6.45, 7) is 1.98. The number of hydrogen-bond acceptors (Lipinski definition) is 5. The summed E-state index contributed by atoms with van der Waals surface area (Å²) >= 11 is 1.63. The lowest BCUT2D eigenvalue weighted by molar-refractivity contribution is -0.137. The predicted octanol–water partition coefficient (Wildman–Crippen LogP) is 2.98. The smallest absolute Gasteiger partial charge is 0.326 e. The van der Waals surface area contributed by atoms with Crippen molar-refractivity contribution in [3.05, 3.63) is 30.1 Å². The lowest BCUT2D eigenvalue weighted by Gasteiger charge is -2.15. The molecule has 0 saturated heterocycles. The average molecular weight is 328 g/mol. The number of aliphatic carboxylic acids is 1. The summed E-state index contributed by atoms with van der Waals surface area (Å²) in [6.07, 6.45) is 3.96. The molecule has 114 valence electrons. The zero-order valence-electron chi connectivity index (χ0n) is 11.9. The van der Waals surface area contributed by atoms with E-state index in [1.165, 1.54) is 6.33 Å². The van der Waals surface area contributed by atoms with Gasteiger partial charge in [0.25, 0.3) is 0 Å². The van der Waals surface area contributed by atoms with Gasteiger partial charge >= 0.3 is 5.97 Å². The highest BCUT2D eigenvalue weighted by Gasteiger charge is 2.18. The van der Waals surface area contributed by atoms with Gasteiger partial charge in [0.2, 0.25) is 0 Å². The van der Waals surface area contributed by atoms with Gasteiger partial charge in [-0.25, -0.2) is 14.8 Å². The first-order valence-electron chi connectivity index (χ1n) is 6.31. The number of carbonyl (C=O) groups is 1. The maximum atomic E-state index is 11.3. The third-order valence-corrected chi connectivity index (χ3v) is 3.65. The average Bonchev–Trinajstić information content (AvgIpc) is 2.43. The number of aryl methyl sites for hydroxylation is 1. The molecule has 0 fully saturated rings. The van der Waals surface area contributed by atoms with Crippen LogP contribution in [0.4, 0.5) is 5.82 Å². The number of rotatable bonds is 6. The third-order valence-electron chi connectivity index (χ3n) is 3.01. The number of carboxylic acids is 1. The maximum absolute atomic E-state index is 11.3. The molecule has 0 spiro atoms. The number of benzene rings is 1. The van der Waals surface area contributed by atoms with Gasteiger partial charge in [0, 0.05) is 5.39 Å². The molecule has 1 aromatic carbocycles. The van der Waals surface area contributed by atoms with E-state index >= 15 is 0 Å². The molecule has 0 aliphatic rings. The van der Waals surface area contributed by atoms with Crippen molar-refractivity contribution in [3.63, 3.8) is 0 Å². The molecule has 0 bridgehead atoms. The first-order valence-corrected chi connectivity index (χ1v) is 7.71. The molecule has 5 nitrogen and oxygen atoms in total. The van der Waals surface area contributed by atoms with Crippen LogP contribution in [0.15, 0.2) is 24.5 Å². The Hall–Kier alpha value is -1.53. The Labute approximate surface area is 134 Å². The monoisotopic (exact) mass is 327 g/mol. The van der Waals surface area contributed by atoms with Crippen LogP contribution in [0.25, 0.3) is 10.9 Å². The highest BCUT2D eigenvalue weighted by molar-refractivity contribution is 7.98. The Bertz CT molecular complexity index is 624. The van der Waals surface area contributed by atoms with Crippen molar-refractivity contribution < 1.29 is 9.90 Å². The first-order chi connectivity index (χ1) is 9.61. The van der Waals surface area contributed by atoms with Crippen LogP contribution >= 0.6 is 24.2 Å². The molecule has 1 aromatic heterocycles. The summed E-state index contributed by atoms with van der Waals surface area (Å²) in [5, 5.41) is 13.1. The van der Waals surface area contributed by atoms with Crippen molar-refractivity contribution >= 4 is 46.9 Å². The second-order valence-electron chi connectivity index (χ2n) is 4.56. The molecule has 2 aromatic rings. The zero-order chi connectivity index (χ0) is 14.5. The summed E-state index contributed by atoms with van der Waals surface area (Å²) in [6, 6.07) is 5.21. The normalized spacial score (nSPS) is 11.7. The van der Waals surface area contributed by atoms with Gasteiger partial charge in [-0.3, -0.25) is 0 Å². The molecule has 0 saturated carbocycles. The number of nitrogens with one attached hydrogen (secondary N) is 1. The van der Waals surface area contributed by atoms with E-state index in [0.717, 1.165) is 22.2 Å². The summed E-state index contributed by atoms with van der Waals surface area (Å²) in [5.74, 6) is 0.497. The Balaban J connectivity index is 0.00000220. The van der Waals surface area contributed by atoms with Gasteiger partial charge in [-0.05, 0) is 37.5 Å². The second kappa shape index (κ2) is 8.05. The minimum atomic E-state index is -0.863. The van der Waals surface area contributed by atoms with E-state index in [4.69, 9.17) is 0 Å². The number of halogens is 1. The quantitative estimate of drug-likeness (QED) is 0.849. The van der Waals surface area contributed by atoms with E-state index in [0.29, 0.717) is 12.2 Å². The molecular weight excluding hydrogens is 310 g/mol. The van der Waals surface area contributed by atoms with Crippen molar-refractivity contribution in [2.75, 3.05) is 17.3 Å². The Morgan fingerprint density at radius 1 is 1.43 bits per heavy atom. The highest BCUT2D eigenvalue weighted by atomic mass is 35.5. The minimum Gasteiger partial charge on any atom is -0.480 e. The SMILES string of the molecule is CSCCC(Nc1ncnc2ccc(C)cc12)C(=O)O.Cl. The van der Waals surface area contributed by atoms with Crippen LogP contribution in [0.5, 0.6) is 0 Å². The van der Waals surface area contributed by atoms with Crippen LogP contribution in [0.2, 0.25) is 0 Å². The molecule has 0 radical (unpaired) electrons. The number of anilines is 1. The van der Waals surface area contributed by atoms with E-state index in [1.54, 1.807) is 11.8 Å². The number of thioether (sulfide) groups is 1. The van der Waals surface area contributed by atoms with Crippen LogP contribution < -0.4 is 5.32 Å². The van der Waals surface area contributed by atoms with Crippen LogP contribution in [0.3, 0.4) is 0 Å². The second-order valence-corrected chi connectivity index (χ2v) is 5.55. The van der Waals surface area contributed by atoms with Crippen molar-refractivity contribution in [2.24, 2.45) is 0 Å². The van der Waals surface area contributed by atoms with Gasteiger partial charge < -0.3 is 10.4 Å². The Kier molecular flexibility index (Phi) is 6.71. The Morgan fingerprint density at radius 2 is 2.19 bits per heavy atom. The zero-order valence-corrected chi connectivity index (χ0v) is 13.5. The van der Waals surface area contributed by atoms with E-state index < -0.39 is 12.0 Å². The van der Waals surface area contributed by atoms with Gasteiger partial charge in [-0.1, -0.05) is 11.6 Å². The predicted molar refractivity (Wildman–Crippen MR) is 89.6 cm³/mol. The molecular formula is C14H18ClN3O2S. The molecule has 1 unspecified atom stereocenters. The fourth-order valence-corrected chi connectivity index (χ4v) is 2.42. The fourth-order valence-electron chi connectivity index (χ4n) is 1.94. The van der Waals surface area contributed by atoms with Gasteiger partial charge in [0.15, 0.2) is 0 Å². The molecule has 2 rings (SSSR count). The van der Waals surface area contributed by atoms with Gasteiger partial charge in [-0.15, -0.1) is 12.4 Å². The maximum Gasteiger partial charge on any atom is 0.326 e. The van der Waals surface area contributed by atoms with Crippen LogP contribution in [-0.4, -0.2) is 39.1 Å². The van der Waals surface area contributed by atoms with Crippen LogP contribution in [-0.2, 0) is 4.79 Å². The van der Waals surface area contributed by atoms with Crippen molar-refractivity contribution in [1.82, 2.24) is 9.97 Å². The van der Waals surface area contributed by atoms with E-state index in [9.17, 15) is 9.90 Å². The summed E-state index contributed by atoms with van der Waals surface area (Å²) in [7, 11) is 0. The van der Waals surface area contributed by atoms with E-state index in [2.05, 4.69) is 15.3 Å². The van der Waals surface area contributed by atoms with E-state index in [1.807, 2.05) is 31.4 Å². The number of aromatic nitrogens is 2. The largest absolute Gasteiger partial charge is 0.480 e. The molecule has 1 atom stereocenters. The number of fused-ring (bicyclic) bond motifs is 1. The van der Waals surface area contributed by atoms with Crippen molar-refractivity contribution in [1.29, 1.82) is 0 Å². The van der Waals surface area contributed by atoms with Gasteiger partial charge in [-0.2, -0.15) is 11.8 Å². The first kappa shape index (κ1) is 17.5. The number of hydrogen-bond donors (Lipinski definition) is 2. The van der Waals surface area contributed by atoms with Crippen molar-refractivity contribution in [3.8, 4) is 0 Å². The fraction of sp³-hybridized carbons (Fsp3) is 0.357. The van der Waals surface area contributed by atoms with Gasteiger partial charge in [0.1, 0.15) is 18.2 Å². The molecule has 2 N–H and O–H groups in total. The molecule has 1 heterocycles. The summed E-state index contributed by atoms with van der Waals surface area (Å²) in [4.78, 5) is 19.7. The third kappa shape index (κ3) is 4.47. The minimum absolute atomic E-state index is 0. The lowest BCUT2D eigenvalue weighted by atomic mass is 10.1. The van der Waals surface area contributed by atoms with Crippen LogP contribution in [0, 0.1) is 6.92 Å². The van der Waals surface area contributed by atoms with Crippen molar-refractivity contribution in [2.45, 2.75) is 19.4 Å². The number of nitrogens with zero attached hydrogens (tertiary/aromatic N) is 2. The molecule has 0 aliphatic heterocycles. The summed E-state index contributed by atoms with van der Waals surface area (Å²) in [5.41, 5.74) is 1.90. The lowest BCUT2D eigenvalue weighted by Crippen LogP contribution is -2.30. The highest BCUT2D eigenvalue weighted by Crippen LogP contribution is 2.21.